The van der Waals surface area contributed by atoms with Crippen molar-refractivity contribution in [2.24, 2.45) is 0 Å². The fraction of sp³-hybridized carbons (Fsp3) is 0. The Hall–Kier alpha value is -1.99. The van der Waals surface area contributed by atoms with Gasteiger partial charge in [0, 0.05) is 12.4 Å². The molecule has 0 aliphatic heterocycles. The van der Waals surface area contributed by atoms with Gasteiger partial charge in [-0.05, 0) is 41.6 Å². The van der Waals surface area contributed by atoms with E-state index in [1.165, 1.54) is 10.7 Å². The van der Waals surface area contributed by atoms with Crippen molar-refractivity contribution in [1.82, 2.24) is 24.7 Å². The lowest BCUT2D eigenvalue weighted by Crippen LogP contribution is -2.04. The van der Waals surface area contributed by atoms with Gasteiger partial charge in [0.15, 0.2) is 5.16 Å². The summed E-state index contributed by atoms with van der Waals surface area (Å²) >= 11 is 6.94. The minimum atomic E-state index is -0.338. The van der Waals surface area contributed by atoms with Crippen LogP contribution in [0.4, 0.5) is 4.39 Å². The minimum absolute atomic E-state index is 0.0318. The van der Waals surface area contributed by atoms with E-state index >= 15 is 0 Å². The molecule has 20 heavy (non-hydrogen) atoms. The average molecular weight is 308 g/mol. The van der Waals surface area contributed by atoms with Crippen molar-refractivity contribution in [3.05, 3.63) is 53.8 Å². The van der Waals surface area contributed by atoms with E-state index in [0.717, 1.165) is 11.8 Å². The van der Waals surface area contributed by atoms with E-state index in [2.05, 4.69) is 20.1 Å². The lowest BCUT2D eigenvalue weighted by atomic mass is 10.4. The van der Waals surface area contributed by atoms with Gasteiger partial charge >= 0.3 is 0 Å². The first-order valence-electron chi connectivity index (χ1n) is 5.56. The van der Waals surface area contributed by atoms with Gasteiger partial charge < -0.3 is 0 Å². The third-order valence-corrected chi connectivity index (χ3v) is 3.41. The van der Waals surface area contributed by atoms with Crippen LogP contribution in [0.15, 0.2) is 52.8 Å². The Balaban J connectivity index is 1.97. The van der Waals surface area contributed by atoms with Gasteiger partial charge in [0.05, 0.1) is 4.90 Å². The van der Waals surface area contributed by atoms with Gasteiger partial charge in [-0.15, -0.1) is 0 Å². The molecule has 8 heteroatoms. The summed E-state index contributed by atoms with van der Waals surface area (Å²) in [6.45, 7) is 0. The zero-order chi connectivity index (χ0) is 13.9. The second-order valence-corrected chi connectivity index (χ2v) is 5.02. The highest BCUT2D eigenvalue weighted by atomic mass is 35.5. The van der Waals surface area contributed by atoms with Crippen molar-refractivity contribution in [1.29, 1.82) is 0 Å². The largest absolute Gasteiger partial charge is 0.255 e. The Labute approximate surface area is 122 Å². The molecule has 100 valence electrons. The van der Waals surface area contributed by atoms with Gasteiger partial charge in [0.2, 0.25) is 5.28 Å². The third-order valence-electron chi connectivity index (χ3n) is 2.32. The van der Waals surface area contributed by atoms with Crippen LogP contribution in [0.3, 0.4) is 0 Å². The monoisotopic (exact) mass is 307 g/mol. The van der Waals surface area contributed by atoms with Crippen LogP contribution in [0.5, 0.6) is 0 Å². The maximum absolute atomic E-state index is 13.6. The summed E-state index contributed by atoms with van der Waals surface area (Å²) in [5, 5.41) is 4.35. The molecule has 0 saturated heterocycles. The summed E-state index contributed by atoms with van der Waals surface area (Å²) in [6.07, 6.45) is 3.28. The molecule has 0 spiro atoms. The topological polar surface area (TPSA) is 56.5 Å². The van der Waals surface area contributed by atoms with Crippen molar-refractivity contribution in [2.75, 3.05) is 0 Å². The van der Waals surface area contributed by atoms with Gasteiger partial charge in [-0.3, -0.25) is 0 Å². The molecule has 0 aliphatic carbocycles. The van der Waals surface area contributed by atoms with E-state index in [1.807, 2.05) is 0 Å². The number of halogens is 2. The molecule has 0 bridgehead atoms. The molecular formula is C12H7ClFN5S. The van der Waals surface area contributed by atoms with Crippen LogP contribution >= 0.6 is 23.4 Å². The minimum Gasteiger partial charge on any atom is -0.206 e. The molecule has 0 atom stereocenters. The van der Waals surface area contributed by atoms with Crippen LogP contribution < -0.4 is 0 Å². The fourth-order valence-electron chi connectivity index (χ4n) is 1.48. The predicted molar refractivity (Wildman–Crippen MR) is 72.5 cm³/mol. The highest BCUT2D eigenvalue weighted by Crippen LogP contribution is 2.27. The van der Waals surface area contributed by atoms with E-state index in [1.54, 1.807) is 36.7 Å². The van der Waals surface area contributed by atoms with Crippen LogP contribution in [0.25, 0.3) is 5.95 Å². The number of nitrogens with zero attached hydrogens (tertiary/aromatic N) is 5. The quantitative estimate of drug-likeness (QED) is 0.744. The molecule has 0 amide bonds. The Kier molecular flexibility index (Phi) is 3.62. The Bertz CT molecular complexity index is 734. The molecule has 2 aromatic heterocycles. The first-order chi connectivity index (χ1) is 9.72. The molecule has 0 radical (unpaired) electrons. The zero-order valence-corrected chi connectivity index (χ0v) is 11.5. The van der Waals surface area contributed by atoms with Crippen LogP contribution in [0.2, 0.25) is 5.28 Å². The maximum Gasteiger partial charge on any atom is 0.255 e. The number of aromatic nitrogens is 5. The lowest BCUT2D eigenvalue weighted by Gasteiger charge is -2.04. The molecule has 2 heterocycles. The second-order valence-electron chi connectivity index (χ2n) is 3.67. The van der Waals surface area contributed by atoms with Crippen LogP contribution in [0, 0.1) is 5.82 Å². The SMILES string of the molecule is Fc1ccccc1Sc1nc(Cl)nc(-n2cccn2)n1. The predicted octanol–water partition coefficient (Wildman–Crippen LogP) is 3.00. The van der Waals surface area contributed by atoms with Crippen molar-refractivity contribution in [3.8, 4) is 5.95 Å². The summed E-state index contributed by atoms with van der Waals surface area (Å²) in [5.74, 6) is -0.0523. The maximum atomic E-state index is 13.6. The van der Waals surface area contributed by atoms with E-state index in [-0.39, 0.29) is 17.0 Å². The summed E-state index contributed by atoms with van der Waals surface area (Å²) < 4.78 is 15.1. The normalized spacial score (nSPS) is 10.7. The van der Waals surface area contributed by atoms with Crippen molar-refractivity contribution in [3.63, 3.8) is 0 Å². The Morgan fingerprint density at radius 3 is 2.70 bits per heavy atom. The van der Waals surface area contributed by atoms with E-state index in [9.17, 15) is 4.39 Å². The highest BCUT2D eigenvalue weighted by Gasteiger charge is 2.10. The molecule has 1 aromatic carbocycles. The molecule has 0 saturated carbocycles. The van der Waals surface area contributed by atoms with Crippen molar-refractivity contribution < 1.29 is 4.39 Å². The first-order valence-corrected chi connectivity index (χ1v) is 6.76. The van der Waals surface area contributed by atoms with E-state index < -0.39 is 0 Å². The molecule has 3 aromatic rings. The number of hydrogen-bond donors (Lipinski definition) is 0. The molecule has 0 N–H and O–H groups in total. The first kappa shape index (κ1) is 13.0. The smallest absolute Gasteiger partial charge is 0.206 e. The number of benzene rings is 1. The van der Waals surface area contributed by atoms with E-state index in [0.29, 0.717) is 10.1 Å². The molecule has 0 unspecified atom stereocenters. The molecule has 0 aliphatic rings. The zero-order valence-electron chi connectivity index (χ0n) is 9.94. The van der Waals surface area contributed by atoms with Crippen LogP contribution in [-0.4, -0.2) is 24.7 Å². The van der Waals surface area contributed by atoms with E-state index in [4.69, 9.17) is 11.6 Å². The summed E-state index contributed by atoms with van der Waals surface area (Å²) in [7, 11) is 0. The third kappa shape index (κ3) is 2.78. The summed E-state index contributed by atoms with van der Waals surface area (Å²) in [5.41, 5.74) is 0. The van der Waals surface area contributed by atoms with Crippen molar-refractivity contribution >= 4 is 23.4 Å². The van der Waals surface area contributed by atoms with Gasteiger partial charge in [-0.25, -0.2) is 9.07 Å². The molecule has 0 fully saturated rings. The van der Waals surface area contributed by atoms with Gasteiger partial charge in [-0.1, -0.05) is 12.1 Å². The standard InChI is InChI=1S/C12H7ClFN5S/c13-10-16-11(19-7-3-6-15-19)18-12(17-10)20-9-5-2-1-4-8(9)14/h1-7H. The molecular weight excluding hydrogens is 301 g/mol. The number of hydrogen-bond acceptors (Lipinski definition) is 5. The van der Waals surface area contributed by atoms with Gasteiger partial charge in [-0.2, -0.15) is 20.1 Å². The van der Waals surface area contributed by atoms with Gasteiger partial charge in [0.1, 0.15) is 5.82 Å². The fourth-order valence-corrected chi connectivity index (χ4v) is 2.46. The second kappa shape index (κ2) is 5.56. The van der Waals surface area contributed by atoms with Crippen LogP contribution in [0.1, 0.15) is 0 Å². The summed E-state index contributed by atoms with van der Waals surface area (Å²) in [6, 6.07) is 8.11. The Morgan fingerprint density at radius 2 is 1.95 bits per heavy atom. The highest BCUT2D eigenvalue weighted by molar-refractivity contribution is 7.99. The number of rotatable bonds is 3. The lowest BCUT2D eigenvalue weighted by molar-refractivity contribution is 0.601. The average Bonchev–Trinajstić information content (AvgIpc) is 2.95. The molecule has 5 nitrogen and oxygen atoms in total. The van der Waals surface area contributed by atoms with Gasteiger partial charge in [0.25, 0.3) is 5.95 Å². The molecule has 3 rings (SSSR count). The Morgan fingerprint density at radius 1 is 1.10 bits per heavy atom. The van der Waals surface area contributed by atoms with Crippen molar-refractivity contribution in [2.45, 2.75) is 10.1 Å². The van der Waals surface area contributed by atoms with Crippen LogP contribution in [-0.2, 0) is 0 Å². The summed E-state index contributed by atoms with van der Waals surface area (Å²) in [4.78, 5) is 12.6.